The molecule has 0 saturated carbocycles. The first kappa shape index (κ1) is 11.4. The third-order valence-electron chi connectivity index (χ3n) is 1.97. The summed E-state index contributed by atoms with van der Waals surface area (Å²) in [6.45, 7) is 3.82. The van der Waals surface area contributed by atoms with Gasteiger partial charge in [-0.15, -0.1) is 0 Å². The maximum atomic E-state index is 7.87. The van der Waals surface area contributed by atoms with Crippen molar-refractivity contribution in [2.45, 2.75) is 19.9 Å². The zero-order valence-electron chi connectivity index (χ0n) is 8.86. The minimum Gasteiger partial charge on any atom is -0.314 e. The van der Waals surface area contributed by atoms with Crippen LogP contribution in [-0.4, -0.2) is 35.9 Å². The van der Waals surface area contributed by atoms with Crippen molar-refractivity contribution in [3.8, 4) is 0 Å². The van der Waals surface area contributed by atoms with E-state index in [4.69, 9.17) is 18.7 Å². The number of nitrogens with zero attached hydrogens (tertiary/aromatic N) is 2. The Kier molecular flexibility index (Phi) is 3.60. The van der Waals surface area contributed by atoms with E-state index in [0.717, 1.165) is 6.34 Å². The van der Waals surface area contributed by atoms with Gasteiger partial charge in [-0.25, -0.2) is 0 Å². The van der Waals surface area contributed by atoms with Crippen molar-refractivity contribution < 1.29 is 0 Å². The standard InChI is InChI=1S/C10H13BN4/c1-7(2)15(6-12)10(13)8-4-3-5-9(11)14-8/h3-7,12-13H,1-2H3. The lowest BCUT2D eigenvalue weighted by molar-refractivity contribution is 0.507. The summed E-state index contributed by atoms with van der Waals surface area (Å²) < 4.78 is 0. The van der Waals surface area contributed by atoms with Crippen LogP contribution in [0.25, 0.3) is 0 Å². The van der Waals surface area contributed by atoms with Gasteiger partial charge in [-0.3, -0.25) is 15.8 Å². The van der Waals surface area contributed by atoms with E-state index in [-0.39, 0.29) is 11.9 Å². The largest absolute Gasteiger partial charge is 0.314 e. The van der Waals surface area contributed by atoms with Gasteiger partial charge in [0.2, 0.25) is 0 Å². The average molecular weight is 200 g/mol. The number of aromatic nitrogens is 1. The summed E-state index contributed by atoms with van der Waals surface area (Å²) >= 11 is 0. The molecule has 0 amide bonds. The second-order valence-corrected chi connectivity index (χ2v) is 3.43. The number of hydrogen-bond acceptors (Lipinski definition) is 3. The smallest absolute Gasteiger partial charge is 0.152 e. The fraction of sp³-hybridized carbons (Fsp3) is 0.300. The molecule has 1 heterocycles. The maximum absolute atomic E-state index is 7.87. The normalized spacial score (nSPS) is 10.1. The van der Waals surface area contributed by atoms with Crippen molar-refractivity contribution in [3.63, 3.8) is 0 Å². The van der Waals surface area contributed by atoms with Gasteiger partial charge >= 0.3 is 0 Å². The Bertz CT molecular complexity index is 375. The first-order chi connectivity index (χ1) is 7.06. The Morgan fingerprint density at radius 1 is 1.53 bits per heavy atom. The zero-order chi connectivity index (χ0) is 11.4. The Labute approximate surface area is 90.8 Å². The molecule has 1 aromatic rings. The molecule has 4 nitrogen and oxygen atoms in total. The Hall–Kier alpha value is -1.65. The van der Waals surface area contributed by atoms with Crippen LogP contribution in [0.4, 0.5) is 0 Å². The molecule has 0 aliphatic heterocycles. The van der Waals surface area contributed by atoms with Crippen LogP contribution in [0.5, 0.6) is 0 Å². The topological polar surface area (TPSA) is 63.8 Å². The Morgan fingerprint density at radius 3 is 2.67 bits per heavy atom. The predicted molar refractivity (Wildman–Crippen MR) is 62.2 cm³/mol. The first-order valence-electron chi connectivity index (χ1n) is 4.66. The quantitative estimate of drug-likeness (QED) is 0.424. The van der Waals surface area contributed by atoms with E-state index in [2.05, 4.69) is 4.98 Å². The van der Waals surface area contributed by atoms with Crippen LogP contribution in [0.15, 0.2) is 18.2 Å². The summed E-state index contributed by atoms with van der Waals surface area (Å²) in [4.78, 5) is 5.55. The summed E-state index contributed by atoms with van der Waals surface area (Å²) in [5, 5.41) is 15.1. The van der Waals surface area contributed by atoms with E-state index in [1.165, 1.54) is 4.90 Å². The van der Waals surface area contributed by atoms with Crippen LogP contribution in [0, 0.1) is 10.8 Å². The number of nitrogens with one attached hydrogen (secondary N) is 2. The van der Waals surface area contributed by atoms with Gasteiger partial charge in [-0.05, 0) is 25.5 Å². The average Bonchev–Trinajstić information content (AvgIpc) is 2.18. The number of rotatable bonds is 3. The highest BCUT2D eigenvalue weighted by Crippen LogP contribution is 2.02. The number of pyridine rings is 1. The van der Waals surface area contributed by atoms with Gasteiger partial charge in [0, 0.05) is 6.04 Å². The minimum absolute atomic E-state index is 0.0539. The molecule has 2 radical (unpaired) electrons. The summed E-state index contributed by atoms with van der Waals surface area (Å²) in [5.41, 5.74) is 0.859. The van der Waals surface area contributed by atoms with E-state index in [9.17, 15) is 0 Å². The summed E-state index contributed by atoms with van der Waals surface area (Å²) in [6.07, 6.45) is 1.12. The molecular formula is C10H13BN4. The van der Waals surface area contributed by atoms with Crippen molar-refractivity contribution in [3.05, 3.63) is 23.9 Å². The van der Waals surface area contributed by atoms with Crippen molar-refractivity contribution >= 4 is 25.6 Å². The lowest BCUT2D eigenvalue weighted by Crippen LogP contribution is -2.36. The highest BCUT2D eigenvalue weighted by molar-refractivity contribution is 6.30. The molecule has 2 N–H and O–H groups in total. The van der Waals surface area contributed by atoms with Crippen LogP contribution >= 0.6 is 0 Å². The SMILES string of the molecule is [B]c1cccc(C(=N)N(C=N)C(C)C)n1. The highest BCUT2D eigenvalue weighted by atomic mass is 15.2. The highest BCUT2D eigenvalue weighted by Gasteiger charge is 2.13. The fourth-order valence-corrected chi connectivity index (χ4v) is 1.19. The Morgan fingerprint density at radius 2 is 2.20 bits per heavy atom. The summed E-state index contributed by atoms with van der Waals surface area (Å²) in [7, 11) is 5.53. The third kappa shape index (κ3) is 2.65. The molecule has 0 fully saturated rings. The van der Waals surface area contributed by atoms with E-state index in [1.54, 1.807) is 18.2 Å². The van der Waals surface area contributed by atoms with Gasteiger partial charge in [0.15, 0.2) is 5.84 Å². The van der Waals surface area contributed by atoms with Crippen LogP contribution in [0.3, 0.4) is 0 Å². The second kappa shape index (κ2) is 4.73. The van der Waals surface area contributed by atoms with Gasteiger partial charge in [-0.2, -0.15) is 0 Å². The molecule has 0 aromatic carbocycles. The van der Waals surface area contributed by atoms with Crippen molar-refractivity contribution in [2.24, 2.45) is 0 Å². The van der Waals surface area contributed by atoms with Gasteiger partial charge in [0.25, 0.3) is 0 Å². The van der Waals surface area contributed by atoms with E-state index in [1.807, 2.05) is 13.8 Å². The molecule has 76 valence electrons. The predicted octanol–water partition coefficient (Wildman–Crippen LogP) is 0.518. The molecule has 5 heteroatoms. The molecular weight excluding hydrogens is 187 g/mol. The van der Waals surface area contributed by atoms with Crippen LogP contribution < -0.4 is 5.59 Å². The van der Waals surface area contributed by atoms with Crippen molar-refractivity contribution in [1.29, 1.82) is 10.8 Å². The van der Waals surface area contributed by atoms with E-state index >= 15 is 0 Å². The monoisotopic (exact) mass is 200 g/mol. The van der Waals surface area contributed by atoms with Crippen LogP contribution in [0.2, 0.25) is 0 Å². The lowest BCUT2D eigenvalue weighted by atomic mass is 10.0. The van der Waals surface area contributed by atoms with Crippen molar-refractivity contribution in [1.82, 2.24) is 9.88 Å². The minimum atomic E-state index is 0.0539. The molecule has 0 saturated heterocycles. The summed E-state index contributed by atoms with van der Waals surface area (Å²) in [5.74, 6) is 0.187. The molecule has 0 atom stereocenters. The molecule has 1 aromatic heterocycles. The fourth-order valence-electron chi connectivity index (χ4n) is 1.19. The van der Waals surface area contributed by atoms with Crippen LogP contribution in [0.1, 0.15) is 19.5 Å². The van der Waals surface area contributed by atoms with Crippen LogP contribution in [-0.2, 0) is 0 Å². The van der Waals surface area contributed by atoms with E-state index in [0.29, 0.717) is 11.3 Å². The Balaban J connectivity index is 2.98. The van der Waals surface area contributed by atoms with E-state index < -0.39 is 0 Å². The maximum Gasteiger partial charge on any atom is 0.152 e. The molecule has 1 rings (SSSR count). The van der Waals surface area contributed by atoms with Gasteiger partial charge in [0.05, 0.1) is 6.34 Å². The molecule has 0 aliphatic rings. The van der Waals surface area contributed by atoms with Crippen molar-refractivity contribution in [2.75, 3.05) is 0 Å². The zero-order valence-corrected chi connectivity index (χ0v) is 8.86. The molecule has 0 aliphatic carbocycles. The van der Waals surface area contributed by atoms with Gasteiger partial charge in [0.1, 0.15) is 13.5 Å². The molecule has 15 heavy (non-hydrogen) atoms. The van der Waals surface area contributed by atoms with Gasteiger partial charge in [-0.1, -0.05) is 12.1 Å². The molecule has 0 spiro atoms. The number of amidine groups is 1. The molecule has 0 bridgehead atoms. The molecule has 0 unspecified atom stereocenters. The summed E-state index contributed by atoms with van der Waals surface area (Å²) in [6, 6.07) is 5.17. The third-order valence-corrected chi connectivity index (χ3v) is 1.97. The lowest BCUT2D eigenvalue weighted by Gasteiger charge is -2.23. The first-order valence-corrected chi connectivity index (χ1v) is 4.66. The van der Waals surface area contributed by atoms with Gasteiger partial charge < -0.3 is 4.90 Å². The number of hydrogen-bond donors (Lipinski definition) is 2. The second-order valence-electron chi connectivity index (χ2n) is 3.43.